The number of nitrogen functional groups attached to an aromatic ring is 1. The van der Waals surface area contributed by atoms with Crippen molar-refractivity contribution < 1.29 is 4.74 Å². The SMILES string of the molecule is C=C1c2c(C)cccc2C=C(CNc2ncnc(N)c2C(=N)COC)N1c1ccccc1C. The van der Waals surface area contributed by atoms with E-state index in [9.17, 15) is 0 Å². The van der Waals surface area contributed by atoms with Gasteiger partial charge in [-0.15, -0.1) is 0 Å². The van der Waals surface area contributed by atoms with E-state index in [4.69, 9.17) is 15.9 Å². The molecular formula is C26H28N6O. The van der Waals surface area contributed by atoms with Crippen molar-refractivity contribution in [1.29, 1.82) is 5.41 Å². The van der Waals surface area contributed by atoms with Crippen molar-refractivity contribution in [1.82, 2.24) is 9.97 Å². The highest BCUT2D eigenvalue weighted by molar-refractivity contribution is 6.06. The molecule has 0 spiro atoms. The van der Waals surface area contributed by atoms with Crippen molar-refractivity contribution in [2.24, 2.45) is 0 Å². The second kappa shape index (κ2) is 9.26. The Labute approximate surface area is 194 Å². The lowest BCUT2D eigenvalue weighted by atomic mass is 9.93. The molecule has 0 saturated carbocycles. The third-order valence-electron chi connectivity index (χ3n) is 5.73. The number of rotatable bonds is 7. The Morgan fingerprint density at radius 1 is 1.12 bits per heavy atom. The molecule has 2 heterocycles. The highest BCUT2D eigenvalue weighted by Crippen LogP contribution is 2.39. The summed E-state index contributed by atoms with van der Waals surface area (Å²) in [6, 6.07) is 14.5. The van der Waals surface area contributed by atoms with Gasteiger partial charge in [-0.2, -0.15) is 0 Å². The highest BCUT2D eigenvalue weighted by atomic mass is 16.5. The largest absolute Gasteiger partial charge is 0.383 e. The molecule has 0 amide bonds. The third kappa shape index (κ3) is 4.23. The van der Waals surface area contributed by atoms with Crippen molar-refractivity contribution in [2.75, 3.05) is 36.2 Å². The molecule has 4 rings (SSSR count). The van der Waals surface area contributed by atoms with Crippen LogP contribution in [0.3, 0.4) is 0 Å². The monoisotopic (exact) mass is 440 g/mol. The molecule has 1 aliphatic rings. The summed E-state index contributed by atoms with van der Waals surface area (Å²) in [5, 5.41) is 11.7. The molecule has 0 aliphatic carbocycles. The summed E-state index contributed by atoms with van der Waals surface area (Å²) >= 11 is 0. The van der Waals surface area contributed by atoms with Crippen LogP contribution in [0.2, 0.25) is 0 Å². The fraction of sp³-hybridized carbons (Fsp3) is 0.192. The number of aromatic nitrogens is 2. The summed E-state index contributed by atoms with van der Waals surface area (Å²) in [5.74, 6) is 0.740. The van der Waals surface area contributed by atoms with E-state index >= 15 is 0 Å². The van der Waals surface area contributed by atoms with Crippen molar-refractivity contribution >= 4 is 34.8 Å². The number of methoxy groups -OCH3 is 1. The van der Waals surface area contributed by atoms with E-state index in [1.54, 1.807) is 7.11 Å². The summed E-state index contributed by atoms with van der Waals surface area (Å²) in [6.45, 7) is 9.23. The van der Waals surface area contributed by atoms with E-state index in [1.807, 2.05) is 12.1 Å². The van der Waals surface area contributed by atoms with Crippen molar-refractivity contribution in [3.8, 4) is 0 Å². The van der Waals surface area contributed by atoms with Crippen LogP contribution in [-0.2, 0) is 4.74 Å². The second-order valence-electron chi connectivity index (χ2n) is 7.99. The lowest BCUT2D eigenvalue weighted by Crippen LogP contribution is -2.29. The third-order valence-corrected chi connectivity index (χ3v) is 5.73. The molecule has 3 aromatic rings. The highest BCUT2D eigenvalue weighted by Gasteiger charge is 2.26. The first-order valence-corrected chi connectivity index (χ1v) is 10.7. The molecule has 168 valence electrons. The summed E-state index contributed by atoms with van der Waals surface area (Å²) in [4.78, 5) is 10.6. The normalized spacial score (nSPS) is 12.9. The molecule has 0 unspecified atom stereocenters. The van der Waals surface area contributed by atoms with Crippen LogP contribution in [0.5, 0.6) is 0 Å². The number of para-hydroxylation sites is 1. The molecule has 0 radical (unpaired) electrons. The van der Waals surface area contributed by atoms with Crippen LogP contribution in [0.15, 0.2) is 61.1 Å². The lowest BCUT2D eigenvalue weighted by molar-refractivity contribution is 0.245. The maximum atomic E-state index is 8.32. The Morgan fingerprint density at radius 2 is 1.88 bits per heavy atom. The Kier molecular flexibility index (Phi) is 6.24. The number of nitrogens with two attached hydrogens (primary N) is 1. The Bertz CT molecular complexity index is 1260. The molecule has 33 heavy (non-hydrogen) atoms. The van der Waals surface area contributed by atoms with E-state index in [0.717, 1.165) is 33.8 Å². The fourth-order valence-corrected chi connectivity index (χ4v) is 4.20. The minimum Gasteiger partial charge on any atom is -0.383 e. The number of hydrogen-bond donors (Lipinski definition) is 3. The topological polar surface area (TPSA) is 100 Å². The second-order valence-corrected chi connectivity index (χ2v) is 7.99. The molecule has 0 saturated heterocycles. The van der Waals surface area contributed by atoms with Crippen LogP contribution in [0.25, 0.3) is 11.8 Å². The number of fused-ring (bicyclic) bond motifs is 1. The Morgan fingerprint density at radius 3 is 2.64 bits per heavy atom. The van der Waals surface area contributed by atoms with E-state index in [2.05, 4.69) is 77.0 Å². The standard InChI is InChI=1S/C26H28N6O/c1-16-8-5-6-11-22(16)32-18(3)23-17(2)9-7-10-19(23)12-20(32)13-29-26-24(21(27)14-33-4)25(28)30-15-31-26/h5-12,15,27H,3,13-14H2,1-2,4H3,(H3,28,29,30,31). The number of anilines is 3. The molecule has 0 fully saturated rings. The predicted molar refractivity (Wildman–Crippen MR) is 135 cm³/mol. The first-order valence-electron chi connectivity index (χ1n) is 10.7. The maximum absolute atomic E-state index is 8.32. The van der Waals surface area contributed by atoms with E-state index in [-0.39, 0.29) is 18.1 Å². The van der Waals surface area contributed by atoms with Gasteiger partial charge in [0.1, 0.15) is 18.0 Å². The van der Waals surface area contributed by atoms with Gasteiger partial charge in [0.05, 0.1) is 24.4 Å². The Hall–Kier alpha value is -3.97. The zero-order valence-corrected chi connectivity index (χ0v) is 19.1. The van der Waals surface area contributed by atoms with Gasteiger partial charge in [-0.3, -0.25) is 0 Å². The molecule has 0 bridgehead atoms. The van der Waals surface area contributed by atoms with Crippen molar-refractivity contribution in [3.05, 3.63) is 88.9 Å². The van der Waals surface area contributed by atoms with Crippen LogP contribution in [-0.4, -0.2) is 35.9 Å². The maximum Gasteiger partial charge on any atom is 0.141 e. The van der Waals surface area contributed by atoms with E-state index in [1.165, 1.54) is 11.9 Å². The van der Waals surface area contributed by atoms with E-state index in [0.29, 0.717) is 17.9 Å². The van der Waals surface area contributed by atoms with Gasteiger partial charge in [0, 0.05) is 29.8 Å². The molecule has 7 heteroatoms. The number of ether oxygens (including phenoxy) is 1. The quantitative estimate of drug-likeness (QED) is 0.463. The minimum atomic E-state index is 0.119. The Balaban J connectivity index is 1.76. The van der Waals surface area contributed by atoms with Gasteiger partial charge < -0.3 is 26.1 Å². The summed E-state index contributed by atoms with van der Waals surface area (Å²) in [7, 11) is 1.54. The van der Waals surface area contributed by atoms with Gasteiger partial charge in [0.2, 0.25) is 0 Å². The molecule has 1 aliphatic heterocycles. The summed E-state index contributed by atoms with van der Waals surface area (Å²) in [5.41, 5.74) is 14.3. The van der Waals surface area contributed by atoms with Crippen LogP contribution < -0.4 is 16.0 Å². The number of nitrogens with zero attached hydrogens (tertiary/aromatic N) is 3. The summed E-state index contributed by atoms with van der Waals surface area (Å²) < 4.78 is 5.12. The van der Waals surface area contributed by atoms with Gasteiger partial charge >= 0.3 is 0 Å². The number of hydrogen-bond acceptors (Lipinski definition) is 7. The van der Waals surface area contributed by atoms with Crippen LogP contribution >= 0.6 is 0 Å². The first-order chi connectivity index (χ1) is 15.9. The van der Waals surface area contributed by atoms with Gasteiger partial charge in [-0.25, -0.2) is 9.97 Å². The number of benzene rings is 2. The van der Waals surface area contributed by atoms with Crippen LogP contribution in [0.4, 0.5) is 17.3 Å². The molecule has 1 aromatic heterocycles. The van der Waals surface area contributed by atoms with Crippen LogP contribution in [0.1, 0.15) is 27.8 Å². The average molecular weight is 441 g/mol. The van der Waals surface area contributed by atoms with Crippen molar-refractivity contribution in [2.45, 2.75) is 13.8 Å². The molecule has 0 atom stereocenters. The smallest absolute Gasteiger partial charge is 0.141 e. The summed E-state index contributed by atoms with van der Waals surface area (Å²) in [6.07, 6.45) is 3.56. The average Bonchev–Trinajstić information content (AvgIpc) is 2.78. The van der Waals surface area contributed by atoms with Gasteiger partial charge in [-0.1, -0.05) is 43.0 Å². The van der Waals surface area contributed by atoms with E-state index < -0.39 is 0 Å². The molecule has 2 aromatic carbocycles. The fourth-order valence-electron chi connectivity index (χ4n) is 4.20. The molecular weight excluding hydrogens is 412 g/mol. The lowest BCUT2D eigenvalue weighted by Gasteiger charge is -2.35. The van der Waals surface area contributed by atoms with Crippen LogP contribution in [0, 0.1) is 19.3 Å². The van der Waals surface area contributed by atoms with Gasteiger partial charge in [0.25, 0.3) is 0 Å². The molecule has 7 nitrogen and oxygen atoms in total. The zero-order chi connectivity index (χ0) is 23.5. The number of aryl methyl sites for hydroxylation is 2. The molecule has 4 N–H and O–H groups in total. The van der Waals surface area contributed by atoms with Crippen molar-refractivity contribution in [3.63, 3.8) is 0 Å². The first kappa shape index (κ1) is 22.2. The zero-order valence-electron chi connectivity index (χ0n) is 19.1. The predicted octanol–water partition coefficient (Wildman–Crippen LogP) is 4.63. The number of nitrogens with one attached hydrogen (secondary N) is 2. The minimum absolute atomic E-state index is 0.119. The van der Waals surface area contributed by atoms with Gasteiger partial charge in [0.15, 0.2) is 0 Å². The van der Waals surface area contributed by atoms with Gasteiger partial charge in [-0.05, 0) is 42.7 Å².